The quantitative estimate of drug-likeness (QED) is 0.359. The molecule has 4 rings (SSSR count). The van der Waals surface area contributed by atoms with Gasteiger partial charge < -0.3 is 5.32 Å². The first kappa shape index (κ1) is 24.0. The summed E-state index contributed by atoms with van der Waals surface area (Å²) in [5.41, 5.74) is 1.22. The van der Waals surface area contributed by atoms with Gasteiger partial charge in [-0.15, -0.1) is 4.40 Å². The second-order valence-corrected chi connectivity index (χ2v) is 10.9. The van der Waals surface area contributed by atoms with Crippen LogP contribution in [-0.4, -0.2) is 22.7 Å². The first-order valence-corrected chi connectivity index (χ1v) is 13.4. The molecule has 178 valence electrons. The Balaban J connectivity index is 1.59. The largest absolute Gasteiger partial charge is 0.341 e. The zero-order valence-corrected chi connectivity index (χ0v) is 20.0. The average Bonchev–Trinajstić information content (AvgIpc) is 3.08. The lowest BCUT2D eigenvalue weighted by Gasteiger charge is -2.26. The molecular formula is C23H25N5O4S2. The number of anilines is 1. The zero-order chi connectivity index (χ0) is 24.2. The van der Waals surface area contributed by atoms with Crippen molar-refractivity contribution in [1.29, 1.82) is 0 Å². The predicted molar refractivity (Wildman–Crippen MR) is 132 cm³/mol. The Morgan fingerprint density at radius 3 is 1.91 bits per heavy atom. The number of para-hydroxylation sites is 1. The van der Waals surface area contributed by atoms with Crippen molar-refractivity contribution >= 4 is 31.9 Å². The highest BCUT2D eigenvalue weighted by Gasteiger charge is 2.44. The van der Waals surface area contributed by atoms with Crippen LogP contribution in [0, 0.1) is 0 Å². The van der Waals surface area contributed by atoms with Crippen LogP contribution in [0.5, 0.6) is 0 Å². The van der Waals surface area contributed by atoms with Gasteiger partial charge in [0.2, 0.25) is 0 Å². The van der Waals surface area contributed by atoms with Crippen molar-refractivity contribution in [2.24, 2.45) is 4.40 Å². The van der Waals surface area contributed by atoms with Gasteiger partial charge in [0.15, 0.2) is 0 Å². The molecule has 1 heterocycles. The molecule has 0 saturated carbocycles. The first-order chi connectivity index (χ1) is 16.2. The lowest BCUT2D eigenvalue weighted by Crippen LogP contribution is -2.52. The van der Waals surface area contributed by atoms with Crippen LogP contribution < -0.4 is 19.5 Å². The van der Waals surface area contributed by atoms with Crippen molar-refractivity contribution in [1.82, 2.24) is 14.2 Å². The topological polar surface area (TPSA) is 129 Å². The van der Waals surface area contributed by atoms with Crippen molar-refractivity contribution < 1.29 is 16.8 Å². The van der Waals surface area contributed by atoms with Crippen LogP contribution in [0.25, 0.3) is 0 Å². The van der Waals surface area contributed by atoms with Crippen LogP contribution in [0.15, 0.2) is 89.3 Å². The minimum atomic E-state index is -4.14. The summed E-state index contributed by atoms with van der Waals surface area (Å²) in [7, 11) is -8.19. The second-order valence-electron chi connectivity index (χ2n) is 7.93. The molecule has 0 spiro atoms. The third-order valence-corrected chi connectivity index (χ3v) is 7.49. The van der Waals surface area contributed by atoms with Gasteiger partial charge >= 0.3 is 10.2 Å². The van der Waals surface area contributed by atoms with Crippen LogP contribution >= 0.6 is 0 Å². The first-order valence-electron chi connectivity index (χ1n) is 10.5. The molecule has 1 aliphatic rings. The molecule has 3 aromatic rings. The number of hydrogen-bond acceptors (Lipinski definition) is 4. The SMILES string of the molecule is C[C@]1(NS(=O)(=O)NCc2ccccc2)/C(=N/S(=O)(=O)NCc2ccccc2)Nc2ccccc21. The molecule has 1 atom stereocenters. The van der Waals surface area contributed by atoms with Gasteiger partial charge in [0, 0.05) is 24.3 Å². The van der Waals surface area contributed by atoms with Crippen LogP contribution in [0.2, 0.25) is 0 Å². The smallest absolute Gasteiger partial charge is 0.321 e. The zero-order valence-electron chi connectivity index (χ0n) is 18.4. The van der Waals surface area contributed by atoms with E-state index in [1.165, 1.54) is 0 Å². The third kappa shape index (κ3) is 5.69. The fourth-order valence-electron chi connectivity index (χ4n) is 3.63. The van der Waals surface area contributed by atoms with Crippen LogP contribution in [0.4, 0.5) is 5.69 Å². The number of rotatable bonds is 9. The van der Waals surface area contributed by atoms with E-state index in [1.54, 1.807) is 67.6 Å². The predicted octanol–water partition coefficient (Wildman–Crippen LogP) is 2.38. The Bertz CT molecular complexity index is 1400. The Hall–Kier alpha value is -3.09. The molecule has 11 heteroatoms. The van der Waals surface area contributed by atoms with Crippen molar-refractivity contribution in [3.63, 3.8) is 0 Å². The Morgan fingerprint density at radius 2 is 1.29 bits per heavy atom. The molecule has 34 heavy (non-hydrogen) atoms. The van der Waals surface area contributed by atoms with E-state index in [0.29, 0.717) is 11.3 Å². The van der Waals surface area contributed by atoms with E-state index >= 15 is 0 Å². The van der Waals surface area contributed by atoms with Gasteiger partial charge in [-0.25, -0.2) is 0 Å². The molecule has 4 N–H and O–H groups in total. The maximum Gasteiger partial charge on any atom is 0.321 e. The summed E-state index contributed by atoms with van der Waals surface area (Å²) in [5.74, 6) is -0.0562. The van der Waals surface area contributed by atoms with E-state index < -0.39 is 26.0 Å². The average molecular weight is 500 g/mol. The molecule has 1 aliphatic heterocycles. The van der Waals surface area contributed by atoms with E-state index in [2.05, 4.69) is 23.9 Å². The molecule has 0 aromatic heterocycles. The Labute approximate surface area is 199 Å². The summed E-state index contributed by atoms with van der Waals surface area (Å²) in [6.45, 7) is 1.69. The van der Waals surface area contributed by atoms with Crippen molar-refractivity contribution in [3.8, 4) is 0 Å². The van der Waals surface area contributed by atoms with Gasteiger partial charge in [-0.05, 0) is 24.1 Å². The summed E-state index contributed by atoms with van der Waals surface area (Å²) in [4.78, 5) is 0. The molecule has 0 radical (unpaired) electrons. The fourth-order valence-corrected chi connectivity index (χ4v) is 5.68. The Morgan fingerprint density at radius 1 is 0.765 bits per heavy atom. The van der Waals surface area contributed by atoms with E-state index in [-0.39, 0.29) is 18.9 Å². The minimum Gasteiger partial charge on any atom is -0.341 e. The Kier molecular flexibility index (Phi) is 6.82. The molecule has 0 saturated heterocycles. The van der Waals surface area contributed by atoms with Gasteiger partial charge in [0.1, 0.15) is 11.4 Å². The standard InChI is InChI=1S/C23H25N5O4S2/c1-23(28-34(31,32)25-17-19-12-6-3-7-13-19)20-14-8-9-15-21(20)26-22(23)27-33(29,30)24-16-18-10-4-2-5-11-18/h2-15,24-25,28H,16-17H2,1H3,(H,26,27)/t23-/m1/s1. The third-order valence-electron chi connectivity index (χ3n) is 5.35. The molecule has 0 unspecified atom stereocenters. The summed E-state index contributed by atoms with van der Waals surface area (Å²) in [5, 5.41) is 2.95. The van der Waals surface area contributed by atoms with Crippen molar-refractivity contribution in [3.05, 3.63) is 102 Å². The van der Waals surface area contributed by atoms with E-state index in [9.17, 15) is 16.8 Å². The van der Waals surface area contributed by atoms with Crippen LogP contribution in [0.1, 0.15) is 23.6 Å². The lowest BCUT2D eigenvalue weighted by molar-refractivity contribution is 0.526. The molecule has 9 nitrogen and oxygen atoms in total. The van der Waals surface area contributed by atoms with Crippen molar-refractivity contribution in [2.45, 2.75) is 25.6 Å². The molecule has 0 amide bonds. The fraction of sp³-hybridized carbons (Fsp3) is 0.174. The van der Waals surface area contributed by atoms with E-state index in [0.717, 1.165) is 11.1 Å². The minimum absolute atomic E-state index is 0.0496. The van der Waals surface area contributed by atoms with Crippen molar-refractivity contribution in [2.75, 3.05) is 5.32 Å². The second kappa shape index (κ2) is 9.65. The molecule has 3 aromatic carbocycles. The summed E-state index contributed by atoms with van der Waals surface area (Å²) in [6.07, 6.45) is 0. The van der Waals surface area contributed by atoms with Gasteiger partial charge in [-0.2, -0.15) is 31.0 Å². The maximum absolute atomic E-state index is 12.9. The summed E-state index contributed by atoms with van der Waals surface area (Å²) in [6, 6.07) is 25.0. The van der Waals surface area contributed by atoms with Gasteiger partial charge in [0.05, 0.1) is 0 Å². The number of hydrogen-bond donors (Lipinski definition) is 4. The highest BCUT2D eigenvalue weighted by atomic mass is 32.2. The molecule has 0 aliphatic carbocycles. The highest BCUT2D eigenvalue weighted by molar-refractivity contribution is 7.88. The van der Waals surface area contributed by atoms with Gasteiger partial charge in [-0.1, -0.05) is 78.9 Å². The number of nitrogens with one attached hydrogen (secondary N) is 4. The summed E-state index contributed by atoms with van der Waals surface area (Å²) >= 11 is 0. The van der Waals surface area contributed by atoms with Crippen LogP contribution in [0.3, 0.4) is 0 Å². The van der Waals surface area contributed by atoms with Gasteiger partial charge in [-0.3, -0.25) is 0 Å². The number of amidine groups is 1. The van der Waals surface area contributed by atoms with E-state index in [1.807, 2.05) is 24.3 Å². The lowest BCUT2D eigenvalue weighted by atomic mass is 9.95. The monoisotopic (exact) mass is 499 g/mol. The number of nitrogens with zero attached hydrogens (tertiary/aromatic N) is 1. The molecule has 0 fully saturated rings. The van der Waals surface area contributed by atoms with Crippen LogP contribution in [-0.2, 0) is 39.0 Å². The van der Waals surface area contributed by atoms with E-state index in [4.69, 9.17) is 0 Å². The maximum atomic E-state index is 12.9. The summed E-state index contributed by atoms with van der Waals surface area (Å²) < 4.78 is 62.8. The highest BCUT2D eigenvalue weighted by Crippen LogP contribution is 2.37. The normalized spacial score (nSPS) is 19.0. The van der Waals surface area contributed by atoms with Gasteiger partial charge in [0.25, 0.3) is 10.2 Å². The number of fused-ring (bicyclic) bond motifs is 1. The molecule has 0 bridgehead atoms. The molecular weight excluding hydrogens is 474 g/mol. The number of benzene rings is 3.